The van der Waals surface area contributed by atoms with E-state index in [2.05, 4.69) is 36.1 Å². The Bertz CT molecular complexity index is 784. The van der Waals surface area contributed by atoms with Gasteiger partial charge in [0.2, 0.25) is 11.0 Å². The number of benzene rings is 1. The van der Waals surface area contributed by atoms with Crippen molar-refractivity contribution in [2.45, 2.75) is 18.6 Å². The number of thioether (sulfide) groups is 1. The van der Waals surface area contributed by atoms with Crippen LogP contribution < -0.4 is 0 Å². The number of aromatic nitrogens is 1. The van der Waals surface area contributed by atoms with Crippen molar-refractivity contribution in [3.05, 3.63) is 22.7 Å². The van der Waals surface area contributed by atoms with Gasteiger partial charge in [-0.2, -0.15) is 4.99 Å². The van der Waals surface area contributed by atoms with Gasteiger partial charge in [-0.3, -0.25) is 4.79 Å². The number of halogens is 1. The molecule has 1 unspecified atom stereocenters. The van der Waals surface area contributed by atoms with Crippen LogP contribution in [0.25, 0.3) is 10.9 Å². The number of nitrogens with zero attached hydrogens (tertiary/aromatic N) is 3. The Labute approximate surface area is 132 Å². The number of rotatable bonds is 2. The summed E-state index contributed by atoms with van der Waals surface area (Å²) in [5.74, 6) is -0.240. The fourth-order valence-electron chi connectivity index (χ4n) is 2.00. The highest BCUT2D eigenvalue weighted by Crippen LogP contribution is 2.37. The normalized spacial score (nSPS) is 18.9. The predicted octanol–water partition coefficient (Wildman–Crippen LogP) is 4.13. The van der Waals surface area contributed by atoms with E-state index in [0.717, 1.165) is 15.4 Å². The van der Waals surface area contributed by atoms with Crippen molar-refractivity contribution in [1.82, 2.24) is 4.98 Å². The van der Waals surface area contributed by atoms with Crippen molar-refractivity contribution in [3.63, 3.8) is 0 Å². The van der Waals surface area contributed by atoms with Crippen LogP contribution in [0.15, 0.2) is 37.9 Å². The van der Waals surface area contributed by atoms with Crippen molar-refractivity contribution in [2.75, 3.05) is 0 Å². The molecule has 21 heavy (non-hydrogen) atoms. The van der Waals surface area contributed by atoms with Crippen LogP contribution in [0, 0.1) is 0 Å². The minimum atomic E-state index is -0.178. The van der Waals surface area contributed by atoms with E-state index >= 15 is 0 Å². The van der Waals surface area contributed by atoms with Gasteiger partial charge in [-0.1, -0.05) is 34.6 Å². The smallest absolute Gasteiger partial charge is 0.261 e. The molecule has 0 radical (unpaired) electrons. The van der Waals surface area contributed by atoms with Gasteiger partial charge in [0.25, 0.3) is 5.91 Å². The number of aromatic amines is 1. The van der Waals surface area contributed by atoms with Gasteiger partial charge < -0.3 is 10.1 Å². The van der Waals surface area contributed by atoms with Crippen molar-refractivity contribution >= 4 is 55.4 Å². The van der Waals surface area contributed by atoms with Crippen LogP contribution >= 0.6 is 27.7 Å². The number of amidine groups is 1. The Hall–Kier alpha value is -1.67. The molecule has 2 N–H and O–H groups in total. The molecule has 0 fully saturated rings. The summed E-state index contributed by atoms with van der Waals surface area (Å²) in [7, 11) is 0. The number of hydrogen-bond donors (Lipinski definition) is 2. The summed E-state index contributed by atoms with van der Waals surface area (Å²) in [4.78, 5) is 18.2. The van der Waals surface area contributed by atoms with Crippen LogP contribution in [0.1, 0.15) is 13.3 Å². The molecule has 108 valence electrons. The first kappa shape index (κ1) is 14.3. The van der Waals surface area contributed by atoms with Gasteiger partial charge in [0.1, 0.15) is 0 Å². The summed E-state index contributed by atoms with van der Waals surface area (Å²) in [6.45, 7) is 1.92. The Balaban J connectivity index is 1.94. The summed E-state index contributed by atoms with van der Waals surface area (Å²) in [5, 5.41) is 18.8. The Morgan fingerprint density at radius 2 is 2.29 bits per heavy atom. The molecule has 2 heterocycles. The molecule has 3 rings (SSSR count). The van der Waals surface area contributed by atoms with Crippen molar-refractivity contribution < 1.29 is 9.90 Å². The highest BCUT2D eigenvalue weighted by Gasteiger charge is 2.26. The molecule has 1 amide bonds. The first-order chi connectivity index (χ1) is 10.1. The van der Waals surface area contributed by atoms with E-state index in [1.54, 1.807) is 0 Å². The molecule has 1 aromatic carbocycles. The third kappa shape index (κ3) is 2.73. The van der Waals surface area contributed by atoms with Gasteiger partial charge in [-0.25, -0.2) is 0 Å². The molecule has 1 aromatic heterocycles. The van der Waals surface area contributed by atoms with Crippen LogP contribution in [0.2, 0.25) is 0 Å². The van der Waals surface area contributed by atoms with E-state index in [1.807, 2.05) is 25.1 Å². The zero-order chi connectivity index (χ0) is 15.0. The van der Waals surface area contributed by atoms with Gasteiger partial charge in [0, 0.05) is 9.86 Å². The first-order valence-corrected chi connectivity index (χ1v) is 7.97. The van der Waals surface area contributed by atoms with Gasteiger partial charge in [0.15, 0.2) is 5.69 Å². The minimum Gasteiger partial charge on any atom is -0.493 e. The fraction of sp³-hybridized carbons (Fsp3) is 0.231. The second-order valence-electron chi connectivity index (χ2n) is 4.46. The molecule has 1 aliphatic rings. The Morgan fingerprint density at radius 1 is 1.48 bits per heavy atom. The molecule has 0 bridgehead atoms. The molecular formula is C13H11BrN4O2S. The molecule has 1 atom stereocenters. The average Bonchev–Trinajstić information content (AvgIpc) is 2.96. The topological polar surface area (TPSA) is 90.2 Å². The summed E-state index contributed by atoms with van der Waals surface area (Å²) in [5.41, 5.74) is 1.09. The molecule has 0 spiro atoms. The standard InChI is InChI=1S/C13H11BrN4O2S/c1-2-9-11(19)16-13(21-9)18-17-10-7-5-6(14)3-4-8(7)15-12(10)20/h3-5,9,15,20H,2H2,1H3. The summed E-state index contributed by atoms with van der Waals surface area (Å²) >= 11 is 4.67. The number of carbonyl (C=O) groups excluding carboxylic acids is 1. The molecule has 0 saturated carbocycles. The van der Waals surface area contributed by atoms with E-state index in [4.69, 9.17) is 0 Å². The lowest BCUT2D eigenvalue weighted by Gasteiger charge is -1.98. The molecule has 0 aliphatic carbocycles. The highest BCUT2D eigenvalue weighted by molar-refractivity contribution is 9.10. The predicted molar refractivity (Wildman–Crippen MR) is 86.3 cm³/mol. The van der Waals surface area contributed by atoms with Gasteiger partial charge in [-0.15, -0.1) is 10.2 Å². The van der Waals surface area contributed by atoms with Crippen LogP contribution in [0.3, 0.4) is 0 Å². The fourth-order valence-corrected chi connectivity index (χ4v) is 3.17. The van der Waals surface area contributed by atoms with E-state index in [9.17, 15) is 9.90 Å². The summed E-state index contributed by atoms with van der Waals surface area (Å²) in [6.07, 6.45) is 0.706. The van der Waals surface area contributed by atoms with Crippen molar-refractivity contribution in [2.24, 2.45) is 15.2 Å². The number of nitrogens with one attached hydrogen (secondary N) is 1. The number of aromatic hydroxyl groups is 1. The maximum Gasteiger partial charge on any atom is 0.261 e. The average molecular weight is 367 g/mol. The van der Waals surface area contributed by atoms with Gasteiger partial charge >= 0.3 is 0 Å². The monoisotopic (exact) mass is 366 g/mol. The Morgan fingerprint density at radius 3 is 3.00 bits per heavy atom. The molecule has 6 nitrogen and oxygen atoms in total. The number of H-pyrrole nitrogens is 1. The maximum absolute atomic E-state index is 11.5. The molecular weight excluding hydrogens is 356 g/mol. The zero-order valence-corrected chi connectivity index (χ0v) is 13.4. The third-order valence-electron chi connectivity index (χ3n) is 3.05. The van der Waals surface area contributed by atoms with Crippen LogP contribution in [-0.4, -0.2) is 26.4 Å². The minimum absolute atomic E-state index is 0.0613. The van der Waals surface area contributed by atoms with Crippen molar-refractivity contribution in [1.29, 1.82) is 0 Å². The molecule has 0 saturated heterocycles. The number of azo groups is 1. The number of amides is 1. The SMILES string of the molecule is CCC1SC(N=Nc2c(O)[nH]c3ccc(Br)cc23)=NC1=O. The third-order valence-corrected chi connectivity index (χ3v) is 4.75. The van der Waals surface area contributed by atoms with Crippen LogP contribution in [0.4, 0.5) is 5.69 Å². The number of hydrogen-bond acceptors (Lipinski definition) is 5. The van der Waals surface area contributed by atoms with Gasteiger partial charge in [-0.05, 0) is 24.6 Å². The Kier molecular flexibility index (Phi) is 3.81. The van der Waals surface area contributed by atoms with E-state index in [-0.39, 0.29) is 17.0 Å². The zero-order valence-electron chi connectivity index (χ0n) is 11.0. The largest absolute Gasteiger partial charge is 0.493 e. The number of fused-ring (bicyclic) bond motifs is 1. The summed E-state index contributed by atoms with van der Waals surface area (Å²) in [6, 6.07) is 5.53. The molecule has 1 aliphatic heterocycles. The van der Waals surface area contributed by atoms with Crippen LogP contribution in [-0.2, 0) is 4.79 Å². The second-order valence-corrected chi connectivity index (χ2v) is 6.55. The maximum atomic E-state index is 11.5. The highest BCUT2D eigenvalue weighted by atomic mass is 79.9. The van der Waals surface area contributed by atoms with E-state index in [0.29, 0.717) is 17.3 Å². The number of carbonyl (C=O) groups is 1. The molecule has 2 aromatic rings. The number of aliphatic imine (C=N–C) groups is 1. The van der Waals surface area contributed by atoms with Crippen LogP contribution in [0.5, 0.6) is 5.88 Å². The quantitative estimate of drug-likeness (QED) is 0.782. The van der Waals surface area contributed by atoms with Crippen molar-refractivity contribution in [3.8, 4) is 5.88 Å². The molecule has 8 heteroatoms. The first-order valence-electron chi connectivity index (χ1n) is 6.29. The lowest BCUT2D eigenvalue weighted by atomic mass is 10.2. The lowest BCUT2D eigenvalue weighted by molar-refractivity contribution is -0.117. The summed E-state index contributed by atoms with van der Waals surface area (Å²) < 4.78 is 0.874. The second kappa shape index (κ2) is 5.61. The lowest BCUT2D eigenvalue weighted by Crippen LogP contribution is -2.07. The van der Waals surface area contributed by atoms with E-state index < -0.39 is 0 Å². The van der Waals surface area contributed by atoms with Gasteiger partial charge in [0.05, 0.1) is 10.8 Å². The van der Waals surface area contributed by atoms with E-state index in [1.165, 1.54) is 11.8 Å².